The summed E-state index contributed by atoms with van der Waals surface area (Å²) in [6.45, 7) is 2.55. The Kier molecular flexibility index (Phi) is 3.14. The molecule has 1 rings (SSSR count). The molecule has 0 unspecified atom stereocenters. The standard InChI is InChI=1S/C10H15NO2/c1-7-4-5-8(6-11-2)9(12)10(7)13-3/h4-5,11-12H,6H2,1-3H3. The fraction of sp³-hybridized carbons (Fsp3) is 0.400. The molecule has 2 N–H and O–H groups in total. The number of rotatable bonds is 3. The van der Waals surface area contributed by atoms with Gasteiger partial charge in [-0.25, -0.2) is 0 Å². The normalized spacial score (nSPS) is 10.1. The van der Waals surface area contributed by atoms with E-state index in [-0.39, 0.29) is 5.75 Å². The number of hydrogen-bond acceptors (Lipinski definition) is 3. The van der Waals surface area contributed by atoms with Gasteiger partial charge in [-0.3, -0.25) is 0 Å². The first-order valence-electron chi connectivity index (χ1n) is 4.20. The molecule has 0 bridgehead atoms. The minimum atomic E-state index is 0.233. The van der Waals surface area contributed by atoms with E-state index in [0.29, 0.717) is 12.3 Å². The maximum Gasteiger partial charge on any atom is 0.163 e. The Morgan fingerprint density at radius 1 is 1.46 bits per heavy atom. The molecule has 0 saturated carbocycles. The predicted octanol–water partition coefficient (Wildman–Crippen LogP) is 1.43. The number of methoxy groups -OCH3 is 1. The smallest absolute Gasteiger partial charge is 0.163 e. The van der Waals surface area contributed by atoms with Crippen LogP contribution in [0, 0.1) is 6.92 Å². The molecule has 0 aliphatic rings. The first-order valence-corrected chi connectivity index (χ1v) is 4.20. The Morgan fingerprint density at radius 2 is 2.15 bits per heavy atom. The second-order valence-electron chi connectivity index (χ2n) is 2.95. The molecule has 0 heterocycles. The summed E-state index contributed by atoms with van der Waals surface area (Å²) in [5, 5.41) is 12.7. The Balaban J connectivity index is 3.11. The van der Waals surface area contributed by atoms with Crippen LogP contribution in [-0.4, -0.2) is 19.3 Å². The van der Waals surface area contributed by atoms with Gasteiger partial charge in [0, 0.05) is 12.1 Å². The molecule has 0 fully saturated rings. The molecule has 1 aromatic rings. The maximum absolute atomic E-state index is 9.74. The van der Waals surface area contributed by atoms with E-state index in [1.54, 1.807) is 7.11 Å². The molecule has 0 aromatic heterocycles. The summed E-state index contributed by atoms with van der Waals surface area (Å²) in [5.41, 5.74) is 1.80. The second kappa shape index (κ2) is 4.14. The van der Waals surface area contributed by atoms with Crippen molar-refractivity contribution in [3.05, 3.63) is 23.3 Å². The Morgan fingerprint density at radius 3 is 2.69 bits per heavy atom. The van der Waals surface area contributed by atoms with Crippen LogP contribution in [0.4, 0.5) is 0 Å². The van der Waals surface area contributed by atoms with Crippen molar-refractivity contribution >= 4 is 0 Å². The number of hydrogen-bond donors (Lipinski definition) is 2. The van der Waals surface area contributed by atoms with E-state index in [0.717, 1.165) is 11.1 Å². The number of aryl methyl sites for hydroxylation is 1. The number of aromatic hydroxyl groups is 1. The molecule has 0 atom stereocenters. The molecule has 0 spiro atoms. The third kappa shape index (κ3) is 1.92. The van der Waals surface area contributed by atoms with Crippen LogP contribution >= 0.6 is 0 Å². The van der Waals surface area contributed by atoms with Gasteiger partial charge in [-0.15, -0.1) is 0 Å². The van der Waals surface area contributed by atoms with Crippen LogP contribution in [0.1, 0.15) is 11.1 Å². The highest BCUT2D eigenvalue weighted by molar-refractivity contribution is 5.50. The number of nitrogens with one attached hydrogen (secondary N) is 1. The lowest BCUT2D eigenvalue weighted by Gasteiger charge is -2.10. The number of ether oxygens (including phenoxy) is 1. The van der Waals surface area contributed by atoms with E-state index in [1.165, 1.54) is 0 Å². The number of benzene rings is 1. The molecule has 0 radical (unpaired) electrons. The van der Waals surface area contributed by atoms with E-state index in [1.807, 2.05) is 26.1 Å². The zero-order valence-corrected chi connectivity index (χ0v) is 8.22. The van der Waals surface area contributed by atoms with Crippen LogP contribution in [0.15, 0.2) is 12.1 Å². The van der Waals surface area contributed by atoms with Crippen LogP contribution in [0.2, 0.25) is 0 Å². The van der Waals surface area contributed by atoms with Crippen LogP contribution in [0.3, 0.4) is 0 Å². The lowest BCUT2D eigenvalue weighted by molar-refractivity contribution is 0.367. The lowest BCUT2D eigenvalue weighted by atomic mass is 10.1. The first-order chi connectivity index (χ1) is 6.20. The third-order valence-corrected chi connectivity index (χ3v) is 1.98. The fourth-order valence-electron chi connectivity index (χ4n) is 1.30. The molecule has 0 aliphatic heterocycles. The van der Waals surface area contributed by atoms with Crippen LogP contribution in [-0.2, 0) is 6.54 Å². The molecule has 13 heavy (non-hydrogen) atoms. The lowest BCUT2D eigenvalue weighted by Crippen LogP contribution is -2.05. The highest BCUT2D eigenvalue weighted by Crippen LogP contribution is 2.32. The molecule has 3 nitrogen and oxygen atoms in total. The third-order valence-electron chi connectivity index (χ3n) is 1.98. The molecule has 3 heteroatoms. The van der Waals surface area contributed by atoms with Crippen LogP contribution in [0.5, 0.6) is 11.5 Å². The molecular weight excluding hydrogens is 166 g/mol. The van der Waals surface area contributed by atoms with Gasteiger partial charge in [-0.05, 0) is 19.5 Å². The summed E-state index contributed by atoms with van der Waals surface area (Å²) >= 11 is 0. The van der Waals surface area contributed by atoms with Crippen molar-refractivity contribution in [2.45, 2.75) is 13.5 Å². The molecule has 0 saturated heterocycles. The molecule has 1 aromatic carbocycles. The van der Waals surface area contributed by atoms with Gasteiger partial charge in [0.25, 0.3) is 0 Å². The fourth-order valence-corrected chi connectivity index (χ4v) is 1.30. The van der Waals surface area contributed by atoms with Gasteiger partial charge >= 0.3 is 0 Å². The van der Waals surface area contributed by atoms with Crippen molar-refractivity contribution < 1.29 is 9.84 Å². The van der Waals surface area contributed by atoms with Gasteiger partial charge in [0.2, 0.25) is 0 Å². The quantitative estimate of drug-likeness (QED) is 0.741. The summed E-state index contributed by atoms with van der Waals surface area (Å²) in [5.74, 6) is 0.796. The van der Waals surface area contributed by atoms with Gasteiger partial charge in [0.15, 0.2) is 11.5 Å². The first kappa shape index (κ1) is 9.86. The molecule has 0 amide bonds. The minimum absolute atomic E-state index is 0.233. The zero-order chi connectivity index (χ0) is 9.84. The van der Waals surface area contributed by atoms with Crippen molar-refractivity contribution in [1.29, 1.82) is 0 Å². The van der Waals surface area contributed by atoms with E-state index >= 15 is 0 Å². The topological polar surface area (TPSA) is 41.5 Å². The van der Waals surface area contributed by atoms with Gasteiger partial charge < -0.3 is 15.2 Å². The average Bonchev–Trinajstić information content (AvgIpc) is 2.11. The predicted molar refractivity (Wildman–Crippen MR) is 52.2 cm³/mol. The Bertz CT molecular complexity index is 297. The van der Waals surface area contributed by atoms with Gasteiger partial charge in [0.05, 0.1) is 7.11 Å². The van der Waals surface area contributed by atoms with Gasteiger partial charge in [-0.1, -0.05) is 12.1 Å². The van der Waals surface area contributed by atoms with Crippen molar-refractivity contribution in [1.82, 2.24) is 5.32 Å². The van der Waals surface area contributed by atoms with E-state index in [2.05, 4.69) is 5.32 Å². The largest absolute Gasteiger partial charge is 0.504 e. The van der Waals surface area contributed by atoms with Crippen molar-refractivity contribution in [3.8, 4) is 11.5 Å². The average molecular weight is 181 g/mol. The summed E-state index contributed by atoms with van der Waals surface area (Å²) < 4.78 is 5.08. The summed E-state index contributed by atoms with van der Waals surface area (Å²) in [4.78, 5) is 0. The summed E-state index contributed by atoms with van der Waals surface area (Å²) in [6.07, 6.45) is 0. The van der Waals surface area contributed by atoms with E-state index in [9.17, 15) is 5.11 Å². The minimum Gasteiger partial charge on any atom is -0.504 e. The van der Waals surface area contributed by atoms with E-state index < -0.39 is 0 Å². The van der Waals surface area contributed by atoms with Crippen molar-refractivity contribution in [2.75, 3.05) is 14.2 Å². The van der Waals surface area contributed by atoms with Gasteiger partial charge in [-0.2, -0.15) is 0 Å². The summed E-state index contributed by atoms with van der Waals surface area (Å²) in [6, 6.07) is 3.83. The molecule has 0 aliphatic carbocycles. The van der Waals surface area contributed by atoms with Gasteiger partial charge in [0.1, 0.15) is 0 Å². The van der Waals surface area contributed by atoms with Crippen LogP contribution in [0.25, 0.3) is 0 Å². The van der Waals surface area contributed by atoms with Crippen molar-refractivity contribution in [2.24, 2.45) is 0 Å². The Hall–Kier alpha value is -1.22. The highest BCUT2D eigenvalue weighted by Gasteiger charge is 2.09. The molecule has 72 valence electrons. The maximum atomic E-state index is 9.74. The number of phenolic OH excluding ortho intramolecular Hbond substituents is 1. The number of phenols is 1. The Labute approximate surface area is 78.3 Å². The SMILES string of the molecule is CNCc1ccc(C)c(OC)c1O. The second-order valence-corrected chi connectivity index (χ2v) is 2.95. The van der Waals surface area contributed by atoms with E-state index in [4.69, 9.17) is 4.74 Å². The van der Waals surface area contributed by atoms with Crippen LogP contribution < -0.4 is 10.1 Å². The summed E-state index contributed by atoms with van der Waals surface area (Å²) in [7, 11) is 3.40. The monoisotopic (exact) mass is 181 g/mol. The van der Waals surface area contributed by atoms with Crippen molar-refractivity contribution in [3.63, 3.8) is 0 Å². The zero-order valence-electron chi connectivity index (χ0n) is 8.22. The molecular formula is C10H15NO2. The highest BCUT2D eigenvalue weighted by atomic mass is 16.5.